The molecule has 0 fully saturated rings. The Morgan fingerprint density at radius 3 is 3.12 bits per heavy atom. The number of hydrogen-bond donors (Lipinski definition) is 1. The maximum atomic E-state index is 11.6. The summed E-state index contributed by atoms with van der Waals surface area (Å²) >= 11 is 0. The molecule has 90 valence electrons. The van der Waals surface area contributed by atoms with Crippen molar-refractivity contribution < 1.29 is 4.79 Å². The summed E-state index contributed by atoms with van der Waals surface area (Å²) in [7, 11) is 0. The number of aromatic nitrogens is 4. The van der Waals surface area contributed by atoms with Gasteiger partial charge in [-0.25, -0.2) is 19.6 Å². The number of nitrogens with one attached hydrogen (secondary N) is 1. The number of fused-ring (bicyclic) bond motifs is 1. The highest BCUT2D eigenvalue weighted by Crippen LogP contribution is 2.05. The van der Waals surface area contributed by atoms with Crippen LogP contribution in [0.3, 0.4) is 0 Å². The SMILES string of the molecule is CCCCCC(=O)Nn1cnc2cncnc21. The Balaban J connectivity index is 2.01. The van der Waals surface area contributed by atoms with Crippen molar-refractivity contribution in [1.82, 2.24) is 19.6 Å². The van der Waals surface area contributed by atoms with Crippen LogP contribution < -0.4 is 5.43 Å². The van der Waals surface area contributed by atoms with Crippen LogP contribution in [-0.2, 0) is 4.79 Å². The van der Waals surface area contributed by atoms with E-state index >= 15 is 0 Å². The van der Waals surface area contributed by atoms with Gasteiger partial charge in [-0.2, -0.15) is 0 Å². The molecule has 6 nitrogen and oxygen atoms in total. The van der Waals surface area contributed by atoms with Crippen LogP contribution in [0.1, 0.15) is 32.6 Å². The molecule has 0 spiro atoms. The maximum Gasteiger partial charge on any atom is 0.238 e. The molecule has 0 aromatic carbocycles. The molecule has 0 aliphatic rings. The molecule has 2 aromatic heterocycles. The average Bonchev–Trinajstić information content (AvgIpc) is 2.73. The van der Waals surface area contributed by atoms with E-state index in [1.807, 2.05) is 0 Å². The van der Waals surface area contributed by atoms with Gasteiger partial charge < -0.3 is 0 Å². The second kappa shape index (κ2) is 5.38. The van der Waals surface area contributed by atoms with E-state index in [1.165, 1.54) is 17.3 Å². The highest BCUT2D eigenvalue weighted by Gasteiger charge is 2.06. The van der Waals surface area contributed by atoms with Gasteiger partial charge in [0.25, 0.3) is 0 Å². The summed E-state index contributed by atoms with van der Waals surface area (Å²) in [5.74, 6) is -0.0173. The molecular weight excluding hydrogens is 218 g/mol. The minimum Gasteiger partial charge on any atom is -0.273 e. The molecule has 0 unspecified atom stereocenters. The smallest absolute Gasteiger partial charge is 0.238 e. The molecular formula is C11H15N5O. The van der Waals surface area contributed by atoms with E-state index in [1.54, 1.807) is 6.20 Å². The fourth-order valence-corrected chi connectivity index (χ4v) is 1.57. The van der Waals surface area contributed by atoms with Gasteiger partial charge >= 0.3 is 0 Å². The van der Waals surface area contributed by atoms with E-state index in [-0.39, 0.29) is 5.91 Å². The first-order chi connectivity index (χ1) is 8.31. The number of imidazole rings is 1. The number of amides is 1. The summed E-state index contributed by atoms with van der Waals surface area (Å²) in [4.78, 5) is 23.6. The Morgan fingerprint density at radius 2 is 2.29 bits per heavy atom. The van der Waals surface area contributed by atoms with Crippen LogP contribution in [-0.4, -0.2) is 25.5 Å². The molecule has 0 saturated heterocycles. The first kappa shape index (κ1) is 11.5. The van der Waals surface area contributed by atoms with Gasteiger partial charge in [0.15, 0.2) is 5.65 Å². The Hall–Kier alpha value is -1.98. The fraction of sp³-hybridized carbons (Fsp3) is 0.455. The number of hydrogen-bond acceptors (Lipinski definition) is 4. The lowest BCUT2D eigenvalue weighted by molar-refractivity contribution is -0.117. The van der Waals surface area contributed by atoms with E-state index in [0.29, 0.717) is 17.6 Å². The van der Waals surface area contributed by atoms with Crippen LogP contribution in [0, 0.1) is 0 Å². The van der Waals surface area contributed by atoms with Crippen molar-refractivity contribution in [2.75, 3.05) is 5.43 Å². The molecule has 1 N–H and O–H groups in total. The summed E-state index contributed by atoms with van der Waals surface area (Å²) in [6.45, 7) is 2.11. The highest BCUT2D eigenvalue weighted by atomic mass is 16.2. The molecule has 2 heterocycles. The number of unbranched alkanes of at least 4 members (excludes halogenated alkanes) is 2. The van der Waals surface area contributed by atoms with Gasteiger partial charge in [-0.05, 0) is 6.42 Å². The predicted molar refractivity (Wildman–Crippen MR) is 63.8 cm³/mol. The molecule has 0 bridgehead atoms. The van der Waals surface area contributed by atoms with Gasteiger partial charge in [0.05, 0.1) is 6.20 Å². The van der Waals surface area contributed by atoms with Crippen molar-refractivity contribution in [3.8, 4) is 0 Å². The third-order valence-electron chi connectivity index (χ3n) is 2.47. The second-order valence-electron chi connectivity index (χ2n) is 3.84. The third kappa shape index (κ3) is 2.77. The second-order valence-corrected chi connectivity index (χ2v) is 3.84. The zero-order valence-electron chi connectivity index (χ0n) is 9.76. The Kier molecular flexibility index (Phi) is 3.64. The largest absolute Gasteiger partial charge is 0.273 e. The van der Waals surface area contributed by atoms with Crippen LogP contribution >= 0.6 is 0 Å². The van der Waals surface area contributed by atoms with Crippen molar-refractivity contribution in [3.63, 3.8) is 0 Å². The minimum absolute atomic E-state index is 0.0173. The summed E-state index contributed by atoms with van der Waals surface area (Å²) in [5, 5.41) is 0. The Morgan fingerprint density at radius 1 is 1.41 bits per heavy atom. The van der Waals surface area contributed by atoms with Crippen molar-refractivity contribution in [1.29, 1.82) is 0 Å². The summed E-state index contributed by atoms with van der Waals surface area (Å²) < 4.78 is 1.53. The van der Waals surface area contributed by atoms with Gasteiger partial charge in [0, 0.05) is 6.42 Å². The van der Waals surface area contributed by atoms with E-state index in [4.69, 9.17) is 0 Å². The van der Waals surface area contributed by atoms with Crippen molar-refractivity contribution in [3.05, 3.63) is 18.9 Å². The summed E-state index contributed by atoms with van der Waals surface area (Å²) in [6, 6.07) is 0. The molecule has 0 atom stereocenters. The van der Waals surface area contributed by atoms with Gasteiger partial charge in [-0.15, -0.1) is 0 Å². The standard InChI is InChI=1S/C11H15N5O/c1-2-3-4-5-10(17)15-16-8-14-9-6-12-7-13-11(9)16/h6-8H,2-5H2,1H3,(H,15,17). The topological polar surface area (TPSA) is 72.7 Å². The lowest BCUT2D eigenvalue weighted by atomic mass is 10.2. The van der Waals surface area contributed by atoms with Crippen LogP contribution in [0.15, 0.2) is 18.9 Å². The number of carbonyl (C=O) groups is 1. The minimum atomic E-state index is -0.0173. The normalized spacial score (nSPS) is 10.6. The van der Waals surface area contributed by atoms with Crippen LogP contribution in [0.2, 0.25) is 0 Å². The molecule has 2 rings (SSSR count). The van der Waals surface area contributed by atoms with Gasteiger partial charge in [0.2, 0.25) is 5.91 Å². The van der Waals surface area contributed by atoms with Crippen molar-refractivity contribution >= 4 is 17.1 Å². The molecule has 2 aromatic rings. The number of nitrogens with zero attached hydrogens (tertiary/aromatic N) is 4. The van der Waals surface area contributed by atoms with Gasteiger partial charge in [-0.1, -0.05) is 19.8 Å². The van der Waals surface area contributed by atoms with Crippen molar-refractivity contribution in [2.24, 2.45) is 0 Å². The van der Waals surface area contributed by atoms with E-state index < -0.39 is 0 Å². The molecule has 0 saturated carbocycles. The highest BCUT2D eigenvalue weighted by molar-refractivity contribution is 5.85. The van der Waals surface area contributed by atoms with Crippen molar-refractivity contribution in [2.45, 2.75) is 32.6 Å². The Labute approximate surface area is 99.1 Å². The molecule has 6 heteroatoms. The molecule has 1 amide bonds. The fourth-order valence-electron chi connectivity index (χ4n) is 1.57. The molecule has 0 radical (unpaired) electrons. The van der Waals surface area contributed by atoms with Crippen LogP contribution in [0.5, 0.6) is 0 Å². The molecule has 0 aliphatic heterocycles. The Bertz CT molecular complexity index is 507. The van der Waals surface area contributed by atoms with E-state index in [9.17, 15) is 4.79 Å². The number of carbonyl (C=O) groups excluding carboxylic acids is 1. The molecule has 0 aliphatic carbocycles. The first-order valence-electron chi connectivity index (χ1n) is 5.74. The number of rotatable bonds is 5. The van der Waals surface area contributed by atoms with E-state index in [2.05, 4.69) is 27.3 Å². The summed E-state index contributed by atoms with van der Waals surface area (Å²) in [6.07, 6.45) is 8.19. The maximum absolute atomic E-state index is 11.6. The quantitative estimate of drug-likeness (QED) is 0.794. The van der Waals surface area contributed by atoms with Crippen LogP contribution in [0.25, 0.3) is 11.2 Å². The lowest BCUT2D eigenvalue weighted by Gasteiger charge is -2.05. The third-order valence-corrected chi connectivity index (χ3v) is 2.47. The monoisotopic (exact) mass is 233 g/mol. The van der Waals surface area contributed by atoms with E-state index in [0.717, 1.165) is 19.3 Å². The average molecular weight is 233 g/mol. The van der Waals surface area contributed by atoms with Crippen LogP contribution in [0.4, 0.5) is 0 Å². The predicted octanol–water partition coefficient (Wildman–Crippen LogP) is 1.48. The van der Waals surface area contributed by atoms with Gasteiger partial charge in [-0.3, -0.25) is 10.2 Å². The molecule has 17 heavy (non-hydrogen) atoms. The lowest BCUT2D eigenvalue weighted by Crippen LogP contribution is -2.21. The summed E-state index contributed by atoms with van der Waals surface area (Å²) in [5.41, 5.74) is 4.03. The zero-order valence-corrected chi connectivity index (χ0v) is 9.76. The van der Waals surface area contributed by atoms with Gasteiger partial charge in [0.1, 0.15) is 18.2 Å². The first-order valence-corrected chi connectivity index (χ1v) is 5.74. The zero-order chi connectivity index (χ0) is 12.1.